The molecule has 1 rings (SSSR count). The van der Waals surface area contributed by atoms with Gasteiger partial charge in [0, 0.05) is 11.4 Å². The molecule has 2 N–H and O–H groups in total. The number of hydrogen-bond acceptors (Lipinski definition) is 4. The molecule has 1 aromatic carbocycles. The Morgan fingerprint density at radius 1 is 1.23 bits per heavy atom. The topological polar surface area (TPSA) is 76.7 Å². The fraction of sp³-hybridized carbons (Fsp3) is 0.467. The molecule has 0 saturated carbocycles. The van der Waals surface area contributed by atoms with E-state index in [4.69, 9.17) is 16.3 Å². The highest BCUT2D eigenvalue weighted by Gasteiger charge is 2.24. The van der Waals surface area contributed by atoms with E-state index in [1.807, 2.05) is 0 Å². The number of alkyl carbamates (subject to hydrolysis) is 1. The van der Waals surface area contributed by atoms with Gasteiger partial charge in [0.1, 0.15) is 11.6 Å². The molecule has 122 valence electrons. The first kappa shape index (κ1) is 18.3. The fourth-order valence-electron chi connectivity index (χ4n) is 1.69. The van der Waals surface area contributed by atoms with Crippen molar-refractivity contribution >= 4 is 23.6 Å². The zero-order chi connectivity index (χ0) is 16.8. The number of rotatable bonds is 5. The number of halogens is 1. The molecule has 0 bridgehead atoms. The van der Waals surface area contributed by atoms with Crippen molar-refractivity contribution < 1.29 is 19.2 Å². The predicted octanol–water partition coefficient (Wildman–Crippen LogP) is 2.45. The molecule has 1 atom stereocenters. The van der Waals surface area contributed by atoms with Crippen LogP contribution >= 0.6 is 11.6 Å². The summed E-state index contributed by atoms with van der Waals surface area (Å²) >= 11 is 5.83. The molecule has 0 aliphatic heterocycles. The number of amides is 2. The highest BCUT2D eigenvalue weighted by Crippen LogP contribution is 2.12. The highest BCUT2D eigenvalue weighted by atomic mass is 35.5. The summed E-state index contributed by atoms with van der Waals surface area (Å²) in [7, 11) is 1.32. The van der Waals surface area contributed by atoms with Crippen molar-refractivity contribution in [2.24, 2.45) is 0 Å². The lowest BCUT2D eigenvalue weighted by molar-refractivity contribution is -0.133. The lowest BCUT2D eigenvalue weighted by Gasteiger charge is -2.23. The molecule has 0 fully saturated rings. The Hall–Kier alpha value is -1.79. The van der Waals surface area contributed by atoms with Crippen LogP contribution in [0.1, 0.15) is 26.3 Å². The van der Waals surface area contributed by atoms with E-state index >= 15 is 0 Å². The molecule has 2 amide bonds. The second-order valence-corrected chi connectivity index (χ2v) is 6.14. The molecule has 0 heterocycles. The van der Waals surface area contributed by atoms with Crippen LogP contribution in [-0.4, -0.2) is 30.8 Å². The minimum absolute atomic E-state index is 0.283. The number of nitrogens with one attached hydrogen (secondary N) is 2. The molecule has 0 unspecified atom stereocenters. The van der Waals surface area contributed by atoms with Crippen molar-refractivity contribution in [1.82, 2.24) is 10.8 Å². The third kappa shape index (κ3) is 6.78. The summed E-state index contributed by atoms with van der Waals surface area (Å²) in [5, 5.41) is 3.13. The average Bonchev–Trinajstić information content (AvgIpc) is 2.38. The Kier molecular flexibility index (Phi) is 6.64. The van der Waals surface area contributed by atoms with E-state index in [1.54, 1.807) is 45.0 Å². The Morgan fingerprint density at radius 3 is 2.32 bits per heavy atom. The molecule has 1 aromatic rings. The standard InChI is InChI=1S/C15H21ClN2O4/c1-15(2,3)22-14(20)17-12(13(19)18-21-4)9-10-5-7-11(16)8-6-10/h5-8,12H,9H2,1-4H3,(H,17,20)(H,18,19)/t12-/m0/s1. The van der Waals surface area contributed by atoms with Crippen LogP contribution in [0.5, 0.6) is 0 Å². The molecule has 22 heavy (non-hydrogen) atoms. The Balaban J connectivity index is 2.77. The van der Waals surface area contributed by atoms with Crippen molar-refractivity contribution in [3.05, 3.63) is 34.9 Å². The van der Waals surface area contributed by atoms with Crippen molar-refractivity contribution in [1.29, 1.82) is 0 Å². The van der Waals surface area contributed by atoms with Crippen molar-refractivity contribution in [2.75, 3.05) is 7.11 Å². The summed E-state index contributed by atoms with van der Waals surface area (Å²) in [5.41, 5.74) is 2.41. The van der Waals surface area contributed by atoms with Gasteiger partial charge in [0.2, 0.25) is 0 Å². The monoisotopic (exact) mass is 328 g/mol. The normalized spacial score (nSPS) is 12.4. The zero-order valence-corrected chi connectivity index (χ0v) is 13.9. The molecular formula is C15H21ClN2O4. The number of hydrogen-bond donors (Lipinski definition) is 2. The van der Waals surface area contributed by atoms with Crippen molar-refractivity contribution in [2.45, 2.75) is 38.8 Å². The second-order valence-electron chi connectivity index (χ2n) is 5.70. The molecule has 6 nitrogen and oxygen atoms in total. The zero-order valence-electron chi connectivity index (χ0n) is 13.1. The van der Waals surface area contributed by atoms with Crippen LogP contribution in [0, 0.1) is 0 Å². The minimum Gasteiger partial charge on any atom is -0.444 e. The first-order valence-corrected chi connectivity index (χ1v) is 7.16. The third-order valence-corrected chi connectivity index (χ3v) is 2.82. The number of benzene rings is 1. The van der Waals surface area contributed by atoms with Crippen molar-refractivity contribution in [3.8, 4) is 0 Å². The largest absolute Gasteiger partial charge is 0.444 e. The second kappa shape index (κ2) is 8.00. The summed E-state index contributed by atoms with van der Waals surface area (Å²) in [5.74, 6) is -0.469. The molecule has 0 aliphatic rings. The Morgan fingerprint density at radius 2 is 1.82 bits per heavy atom. The summed E-state index contributed by atoms with van der Waals surface area (Å²) in [6.45, 7) is 5.24. The summed E-state index contributed by atoms with van der Waals surface area (Å²) < 4.78 is 5.16. The van der Waals surface area contributed by atoms with Crippen LogP contribution in [0.25, 0.3) is 0 Å². The predicted molar refractivity (Wildman–Crippen MR) is 83.5 cm³/mol. The van der Waals surface area contributed by atoms with Gasteiger partial charge < -0.3 is 10.1 Å². The summed E-state index contributed by atoms with van der Waals surface area (Å²) in [4.78, 5) is 28.4. The summed E-state index contributed by atoms with van der Waals surface area (Å²) in [6, 6.07) is 6.18. The number of carbonyl (C=O) groups excluding carboxylic acids is 2. The van der Waals surface area contributed by atoms with E-state index in [0.29, 0.717) is 5.02 Å². The molecule has 0 radical (unpaired) electrons. The van der Waals surface area contributed by atoms with Gasteiger partial charge in [-0.1, -0.05) is 23.7 Å². The molecule has 0 aliphatic carbocycles. The van der Waals surface area contributed by atoms with Crippen LogP contribution < -0.4 is 10.8 Å². The molecule has 0 spiro atoms. The first-order valence-electron chi connectivity index (χ1n) is 6.78. The summed E-state index contributed by atoms with van der Waals surface area (Å²) in [6.07, 6.45) is -0.385. The number of hydroxylamine groups is 1. The van der Waals surface area contributed by atoms with Gasteiger partial charge in [-0.2, -0.15) is 0 Å². The van der Waals surface area contributed by atoms with Gasteiger partial charge in [0.05, 0.1) is 7.11 Å². The van der Waals surface area contributed by atoms with Gasteiger partial charge in [-0.15, -0.1) is 0 Å². The first-order chi connectivity index (χ1) is 10.2. The quantitative estimate of drug-likeness (QED) is 0.814. The molecule has 0 saturated heterocycles. The maximum atomic E-state index is 12.0. The molecule has 7 heteroatoms. The van der Waals surface area contributed by atoms with Gasteiger partial charge in [-0.25, -0.2) is 10.3 Å². The van der Waals surface area contributed by atoms with Gasteiger partial charge in [-0.3, -0.25) is 9.63 Å². The lowest BCUT2D eigenvalue weighted by atomic mass is 10.1. The maximum absolute atomic E-state index is 12.0. The van der Waals surface area contributed by atoms with E-state index in [2.05, 4.69) is 15.6 Å². The molecule has 0 aromatic heterocycles. The van der Waals surface area contributed by atoms with Gasteiger partial charge in [0.25, 0.3) is 5.91 Å². The average molecular weight is 329 g/mol. The van der Waals surface area contributed by atoms with Gasteiger partial charge in [0.15, 0.2) is 0 Å². The van der Waals surface area contributed by atoms with E-state index in [-0.39, 0.29) is 6.42 Å². The Bertz CT molecular complexity index is 511. The smallest absolute Gasteiger partial charge is 0.408 e. The maximum Gasteiger partial charge on any atom is 0.408 e. The van der Waals surface area contributed by atoms with Crippen molar-refractivity contribution in [3.63, 3.8) is 0 Å². The number of carbonyl (C=O) groups is 2. The van der Waals surface area contributed by atoms with Gasteiger partial charge >= 0.3 is 6.09 Å². The van der Waals surface area contributed by atoms with Gasteiger partial charge in [-0.05, 0) is 38.5 Å². The third-order valence-electron chi connectivity index (χ3n) is 2.56. The van der Waals surface area contributed by atoms with Crippen LogP contribution in [-0.2, 0) is 20.8 Å². The van der Waals surface area contributed by atoms with Crippen LogP contribution in [0.3, 0.4) is 0 Å². The van der Waals surface area contributed by atoms with E-state index < -0.39 is 23.6 Å². The SMILES string of the molecule is CONC(=O)[C@H](Cc1ccc(Cl)cc1)NC(=O)OC(C)(C)C. The lowest BCUT2D eigenvalue weighted by Crippen LogP contribution is -2.49. The van der Waals surface area contributed by atoms with Crippen LogP contribution in [0.15, 0.2) is 24.3 Å². The fourth-order valence-corrected chi connectivity index (χ4v) is 1.81. The van der Waals surface area contributed by atoms with E-state index in [0.717, 1.165) is 5.56 Å². The van der Waals surface area contributed by atoms with Crippen LogP contribution in [0.4, 0.5) is 4.79 Å². The van der Waals surface area contributed by atoms with Crippen LogP contribution in [0.2, 0.25) is 5.02 Å². The molecular weight excluding hydrogens is 308 g/mol. The number of ether oxygens (including phenoxy) is 1. The minimum atomic E-state index is -0.823. The highest BCUT2D eigenvalue weighted by molar-refractivity contribution is 6.30. The van der Waals surface area contributed by atoms with E-state index in [1.165, 1.54) is 7.11 Å². The van der Waals surface area contributed by atoms with E-state index in [9.17, 15) is 9.59 Å². The Labute approximate surface area is 135 Å².